The molecule has 0 bridgehead atoms. The largest absolute Gasteiger partial charge is 0.394 e. The van der Waals surface area contributed by atoms with Crippen molar-refractivity contribution in [1.29, 1.82) is 0 Å². The Hall–Kier alpha value is -0.440. The predicted octanol–water partition coefficient (Wildman–Crippen LogP) is -6.01. The molecule has 23 heavy (non-hydrogen) atoms. The first kappa shape index (κ1) is 18.9. The van der Waals surface area contributed by atoms with Crippen LogP contribution in [0.25, 0.3) is 0 Å². The van der Waals surface area contributed by atoms with E-state index in [9.17, 15) is 35.7 Å². The minimum absolute atomic E-state index is 0.668. The van der Waals surface area contributed by atoms with E-state index in [4.69, 9.17) is 19.7 Å². The standard InChI is InChI=1S/C12H22O11/c13-1-4-6(15)8(17)11(20,3-22-4)10(19)12(21)9(18)7(16)5(2-14)23-12/h4-10,13-21H,1-3H2/t4-,5-,6-,7-,8+,9+,10?,11-,12-/m1/s1. The SMILES string of the molecule is OC[C@H]1O[C@@](O)(C(O)[C@@]2(O)CO[C@H](CO)[C@@H](O)[C@@H]2O)[C@@H](O)[C@@H]1O. The highest BCUT2D eigenvalue weighted by Crippen LogP contribution is 2.39. The summed E-state index contributed by atoms with van der Waals surface area (Å²) in [5, 5.41) is 88.3. The second-order valence-electron chi connectivity index (χ2n) is 5.89. The summed E-state index contributed by atoms with van der Waals surface area (Å²) in [5.74, 6) is -2.93. The molecule has 0 amide bonds. The van der Waals surface area contributed by atoms with Gasteiger partial charge in [-0.05, 0) is 0 Å². The molecule has 0 saturated carbocycles. The Balaban J connectivity index is 2.26. The maximum Gasteiger partial charge on any atom is 0.225 e. The van der Waals surface area contributed by atoms with E-state index >= 15 is 0 Å². The average Bonchev–Trinajstić information content (AvgIpc) is 2.77. The summed E-state index contributed by atoms with van der Waals surface area (Å²) in [6.07, 6.45) is -12.8. The molecule has 1 unspecified atom stereocenters. The van der Waals surface area contributed by atoms with Crippen LogP contribution in [-0.4, -0.2) is 120 Å². The van der Waals surface area contributed by atoms with Gasteiger partial charge in [-0.2, -0.15) is 0 Å². The molecule has 0 aliphatic carbocycles. The van der Waals surface area contributed by atoms with Crippen molar-refractivity contribution in [3.05, 3.63) is 0 Å². The highest BCUT2D eigenvalue weighted by atomic mass is 16.7. The van der Waals surface area contributed by atoms with Crippen LogP contribution >= 0.6 is 0 Å². The van der Waals surface area contributed by atoms with Crippen LogP contribution in [0.4, 0.5) is 0 Å². The average molecular weight is 342 g/mol. The highest BCUT2D eigenvalue weighted by molar-refractivity contribution is 5.11. The maximum absolute atomic E-state index is 10.4. The number of rotatable bonds is 4. The van der Waals surface area contributed by atoms with Crippen molar-refractivity contribution >= 4 is 0 Å². The smallest absolute Gasteiger partial charge is 0.225 e. The molecule has 0 spiro atoms. The first-order chi connectivity index (χ1) is 10.6. The molecule has 136 valence electrons. The van der Waals surface area contributed by atoms with E-state index in [0.717, 1.165) is 0 Å². The van der Waals surface area contributed by atoms with Gasteiger partial charge in [0.15, 0.2) is 0 Å². The Morgan fingerprint density at radius 2 is 1.43 bits per heavy atom. The third-order valence-corrected chi connectivity index (χ3v) is 4.44. The lowest BCUT2D eigenvalue weighted by Crippen LogP contribution is -2.73. The third kappa shape index (κ3) is 2.77. The molecule has 0 aromatic heterocycles. The van der Waals surface area contributed by atoms with Gasteiger partial charge in [-0.25, -0.2) is 0 Å². The van der Waals surface area contributed by atoms with E-state index in [2.05, 4.69) is 0 Å². The molecule has 2 saturated heterocycles. The highest BCUT2D eigenvalue weighted by Gasteiger charge is 2.66. The Morgan fingerprint density at radius 1 is 0.913 bits per heavy atom. The molecule has 2 heterocycles. The van der Waals surface area contributed by atoms with E-state index in [1.54, 1.807) is 0 Å². The minimum atomic E-state index is -2.93. The van der Waals surface area contributed by atoms with Crippen LogP contribution in [0, 0.1) is 0 Å². The number of aliphatic hydroxyl groups is 9. The van der Waals surface area contributed by atoms with Crippen molar-refractivity contribution in [3.63, 3.8) is 0 Å². The van der Waals surface area contributed by atoms with Crippen molar-refractivity contribution < 1.29 is 55.4 Å². The van der Waals surface area contributed by atoms with Crippen LogP contribution in [0.5, 0.6) is 0 Å². The fourth-order valence-electron chi connectivity index (χ4n) is 2.88. The number of ether oxygens (including phenoxy) is 2. The van der Waals surface area contributed by atoms with E-state index in [0.29, 0.717) is 0 Å². The summed E-state index contributed by atoms with van der Waals surface area (Å²) in [5.41, 5.74) is -2.68. The summed E-state index contributed by atoms with van der Waals surface area (Å²) in [7, 11) is 0. The molecule has 0 aromatic rings. The Labute approximate surface area is 130 Å². The van der Waals surface area contributed by atoms with Gasteiger partial charge >= 0.3 is 0 Å². The summed E-state index contributed by atoms with van der Waals surface area (Å²) >= 11 is 0. The molecule has 11 nitrogen and oxygen atoms in total. The van der Waals surface area contributed by atoms with Gasteiger partial charge in [0.2, 0.25) is 5.79 Å². The number of hydrogen-bond donors (Lipinski definition) is 9. The van der Waals surface area contributed by atoms with Crippen LogP contribution < -0.4 is 0 Å². The normalized spacial score (nSPS) is 52.6. The lowest BCUT2D eigenvalue weighted by molar-refractivity contribution is -0.347. The zero-order valence-electron chi connectivity index (χ0n) is 12.0. The summed E-state index contributed by atoms with van der Waals surface area (Å²) < 4.78 is 9.77. The van der Waals surface area contributed by atoms with Crippen molar-refractivity contribution in [2.24, 2.45) is 0 Å². The Morgan fingerprint density at radius 3 is 1.91 bits per heavy atom. The molecule has 0 radical (unpaired) electrons. The molecule has 0 aromatic carbocycles. The van der Waals surface area contributed by atoms with Crippen molar-refractivity contribution in [2.75, 3.05) is 19.8 Å². The molecule has 2 aliphatic heterocycles. The van der Waals surface area contributed by atoms with E-state index in [-0.39, 0.29) is 0 Å². The molecule has 11 heteroatoms. The lowest BCUT2D eigenvalue weighted by atomic mass is 9.79. The molecular formula is C12H22O11. The number of hydrogen-bond acceptors (Lipinski definition) is 11. The molecule has 2 aliphatic rings. The van der Waals surface area contributed by atoms with Crippen molar-refractivity contribution in [2.45, 2.75) is 54.1 Å². The van der Waals surface area contributed by atoms with Crippen LogP contribution in [0.1, 0.15) is 0 Å². The fraction of sp³-hybridized carbons (Fsp3) is 1.00. The van der Waals surface area contributed by atoms with Gasteiger partial charge in [0.1, 0.15) is 48.3 Å². The molecular weight excluding hydrogens is 320 g/mol. The van der Waals surface area contributed by atoms with Gasteiger partial charge in [-0.3, -0.25) is 0 Å². The summed E-state index contributed by atoms with van der Waals surface area (Å²) in [4.78, 5) is 0. The lowest BCUT2D eigenvalue weighted by Gasteiger charge is -2.48. The van der Waals surface area contributed by atoms with E-state index in [1.807, 2.05) is 0 Å². The quantitative estimate of drug-likeness (QED) is 0.235. The van der Waals surface area contributed by atoms with Gasteiger partial charge in [0, 0.05) is 0 Å². The first-order valence-corrected chi connectivity index (χ1v) is 6.99. The number of aliphatic hydroxyl groups excluding tert-OH is 7. The van der Waals surface area contributed by atoms with Gasteiger partial charge in [0.25, 0.3) is 0 Å². The first-order valence-electron chi connectivity index (χ1n) is 6.99. The molecule has 9 N–H and O–H groups in total. The van der Waals surface area contributed by atoms with E-state index < -0.39 is 73.9 Å². The monoisotopic (exact) mass is 342 g/mol. The van der Waals surface area contributed by atoms with Crippen molar-refractivity contribution in [3.8, 4) is 0 Å². The zero-order valence-corrected chi connectivity index (χ0v) is 12.0. The molecule has 2 fully saturated rings. The third-order valence-electron chi connectivity index (χ3n) is 4.44. The molecule has 9 atom stereocenters. The van der Waals surface area contributed by atoms with Gasteiger partial charge in [-0.15, -0.1) is 0 Å². The second-order valence-corrected chi connectivity index (χ2v) is 5.89. The minimum Gasteiger partial charge on any atom is -0.394 e. The second kappa shape index (κ2) is 6.46. The maximum atomic E-state index is 10.4. The van der Waals surface area contributed by atoms with Gasteiger partial charge < -0.3 is 55.4 Å². The van der Waals surface area contributed by atoms with Gasteiger partial charge in [0.05, 0.1) is 19.8 Å². The van der Waals surface area contributed by atoms with Crippen LogP contribution in [0.15, 0.2) is 0 Å². The summed E-state index contributed by atoms with van der Waals surface area (Å²) in [6, 6.07) is 0. The van der Waals surface area contributed by atoms with Crippen LogP contribution in [0.2, 0.25) is 0 Å². The Kier molecular flexibility index (Phi) is 5.31. The van der Waals surface area contributed by atoms with Crippen LogP contribution in [-0.2, 0) is 9.47 Å². The van der Waals surface area contributed by atoms with Crippen molar-refractivity contribution in [1.82, 2.24) is 0 Å². The molecule has 2 rings (SSSR count). The summed E-state index contributed by atoms with van der Waals surface area (Å²) in [6.45, 7) is -2.27. The Bertz CT molecular complexity index is 422. The van der Waals surface area contributed by atoms with Gasteiger partial charge in [-0.1, -0.05) is 0 Å². The van der Waals surface area contributed by atoms with E-state index in [1.165, 1.54) is 0 Å². The fourth-order valence-corrected chi connectivity index (χ4v) is 2.88. The topological polar surface area (TPSA) is 201 Å². The predicted molar refractivity (Wildman–Crippen MR) is 68.7 cm³/mol. The van der Waals surface area contributed by atoms with Crippen LogP contribution in [0.3, 0.4) is 0 Å². The zero-order chi connectivity index (χ0) is 17.6.